The average Bonchev–Trinajstić information content (AvgIpc) is 2.75. The Labute approximate surface area is 172 Å². The Morgan fingerprint density at radius 3 is 2.76 bits per heavy atom. The van der Waals surface area contributed by atoms with E-state index in [-0.39, 0.29) is 11.2 Å². The van der Waals surface area contributed by atoms with Gasteiger partial charge < -0.3 is 10.2 Å². The molecule has 0 amide bonds. The Morgan fingerprint density at radius 2 is 1.90 bits per heavy atom. The van der Waals surface area contributed by atoms with Crippen molar-refractivity contribution in [1.29, 1.82) is 0 Å². The first-order chi connectivity index (χ1) is 14.2. The van der Waals surface area contributed by atoms with Crippen LogP contribution in [0.25, 0.3) is 31.1 Å². The van der Waals surface area contributed by atoms with E-state index in [0.717, 1.165) is 52.3 Å². The summed E-state index contributed by atoms with van der Waals surface area (Å²) in [5, 5.41) is 5.34. The van der Waals surface area contributed by atoms with Crippen molar-refractivity contribution in [2.45, 2.75) is 19.3 Å². The molecule has 0 radical (unpaired) electrons. The number of aromatic nitrogens is 1. The summed E-state index contributed by atoms with van der Waals surface area (Å²) < 4.78 is 15.4. The van der Waals surface area contributed by atoms with Crippen LogP contribution in [-0.4, -0.2) is 36.1 Å². The van der Waals surface area contributed by atoms with Gasteiger partial charge in [-0.25, -0.2) is 9.37 Å². The summed E-state index contributed by atoms with van der Waals surface area (Å²) in [6.07, 6.45) is 3.85. The highest BCUT2D eigenvalue weighted by atomic mass is 32.1. The lowest BCUT2D eigenvalue weighted by atomic mass is 10.1. The summed E-state index contributed by atoms with van der Waals surface area (Å²) in [4.78, 5) is 20.6. The second kappa shape index (κ2) is 7.69. The van der Waals surface area contributed by atoms with Crippen molar-refractivity contribution in [2.24, 2.45) is 0 Å². The molecule has 3 heterocycles. The Kier molecular flexibility index (Phi) is 4.89. The zero-order chi connectivity index (χ0) is 19.8. The molecule has 2 aromatic heterocycles. The number of piperidine rings is 1. The fourth-order valence-electron chi connectivity index (χ4n) is 4.17. The number of pyridine rings is 1. The summed E-state index contributed by atoms with van der Waals surface area (Å²) in [5.74, 6) is 0.350. The number of halogens is 1. The van der Waals surface area contributed by atoms with Gasteiger partial charge in [-0.15, -0.1) is 11.3 Å². The third-order valence-corrected chi connectivity index (χ3v) is 6.82. The van der Waals surface area contributed by atoms with Crippen molar-refractivity contribution < 1.29 is 4.39 Å². The van der Waals surface area contributed by atoms with Gasteiger partial charge in [0.2, 0.25) is 0 Å². The lowest BCUT2D eigenvalue weighted by Gasteiger charge is -2.26. The first kappa shape index (κ1) is 18.5. The van der Waals surface area contributed by atoms with E-state index >= 15 is 0 Å². The van der Waals surface area contributed by atoms with Crippen LogP contribution in [-0.2, 0) is 0 Å². The maximum atomic E-state index is 13.8. The minimum atomic E-state index is -0.389. The average molecular weight is 408 g/mol. The van der Waals surface area contributed by atoms with Gasteiger partial charge in [0.05, 0.1) is 15.6 Å². The second-order valence-electron chi connectivity index (χ2n) is 7.58. The summed E-state index contributed by atoms with van der Waals surface area (Å²) in [6.45, 7) is 4.04. The van der Waals surface area contributed by atoms with E-state index in [1.165, 1.54) is 42.7 Å². The van der Waals surface area contributed by atoms with E-state index in [9.17, 15) is 9.18 Å². The standard InChI is InChI=1S/C23H22FN3OS/c24-15-8-9-19-17(14-15)21(28)20-16-6-2-3-7-18(16)26-23(22(20)29-19)25-10-13-27-11-4-1-5-12-27/h2-3,6-9,14H,1,4-5,10-13H2,(H,25,26). The Balaban J connectivity index is 1.63. The van der Waals surface area contributed by atoms with Crippen LogP contribution in [0.15, 0.2) is 47.3 Å². The quantitative estimate of drug-likeness (QED) is 0.382. The smallest absolute Gasteiger partial charge is 0.196 e. The number of hydrogen-bond donors (Lipinski definition) is 1. The fraction of sp³-hybridized carbons (Fsp3) is 0.304. The number of anilines is 1. The third kappa shape index (κ3) is 3.47. The number of hydrogen-bond acceptors (Lipinski definition) is 5. The molecule has 4 nitrogen and oxygen atoms in total. The molecule has 0 unspecified atom stereocenters. The number of nitrogens with one attached hydrogen (secondary N) is 1. The highest BCUT2D eigenvalue weighted by Gasteiger charge is 2.16. The lowest BCUT2D eigenvalue weighted by molar-refractivity contribution is 0.237. The normalized spacial score (nSPS) is 15.3. The molecule has 0 spiro atoms. The van der Waals surface area contributed by atoms with E-state index in [2.05, 4.69) is 10.2 Å². The lowest BCUT2D eigenvalue weighted by Crippen LogP contribution is -2.33. The van der Waals surface area contributed by atoms with E-state index in [1.807, 2.05) is 24.3 Å². The summed E-state index contributed by atoms with van der Waals surface area (Å²) in [6, 6.07) is 12.1. The molecule has 29 heavy (non-hydrogen) atoms. The summed E-state index contributed by atoms with van der Waals surface area (Å²) in [7, 11) is 0. The molecule has 1 aliphatic heterocycles. The van der Waals surface area contributed by atoms with Crippen molar-refractivity contribution in [3.05, 3.63) is 58.5 Å². The largest absolute Gasteiger partial charge is 0.368 e. The summed E-state index contributed by atoms with van der Waals surface area (Å²) >= 11 is 1.50. The maximum Gasteiger partial charge on any atom is 0.196 e. The van der Waals surface area contributed by atoms with Crippen LogP contribution < -0.4 is 10.7 Å². The second-order valence-corrected chi connectivity index (χ2v) is 8.63. The fourth-order valence-corrected chi connectivity index (χ4v) is 5.30. The molecule has 2 aromatic carbocycles. The van der Waals surface area contributed by atoms with Crippen LogP contribution in [0.1, 0.15) is 19.3 Å². The first-order valence-corrected chi connectivity index (χ1v) is 10.9. The van der Waals surface area contributed by atoms with Gasteiger partial charge in [0, 0.05) is 28.6 Å². The van der Waals surface area contributed by atoms with Gasteiger partial charge in [0.25, 0.3) is 0 Å². The van der Waals surface area contributed by atoms with Crippen LogP contribution in [0, 0.1) is 5.82 Å². The van der Waals surface area contributed by atoms with Crippen molar-refractivity contribution in [3.8, 4) is 0 Å². The molecule has 0 atom stereocenters. The van der Waals surface area contributed by atoms with E-state index < -0.39 is 0 Å². The minimum Gasteiger partial charge on any atom is -0.368 e. The molecule has 0 bridgehead atoms. The van der Waals surface area contributed by atoms with Crippen LogP contribution >= 0.6 is 11.3 Å². The van der Waals surface area contributed by atoms with Gasteiger partial charge in [-0.2, -0.15) is 0 Å². The van der Waals surface area contributed by atoms with Gasteiger partial charge in [-0.3, -0.25) is 4.79 Å². The van der Waals surface area contributed by atoms with E-state index in [4.69, 9.17) is 4.98 Å². The van der Waals surface area contributed by atoms with Gasteiger partial charge in [-0.1, -0.05) is 24.6 Å². The molecular formula is C23H22FN3OS. The zero-order valence-electron chi connectivity index (χ0n) is 16.1. The Bertz CT molecular complexity index is 1260. The molecule has 6 heteroatoms. The van der Waals surface area contributed by atoms with E-state index in [0.29, 0.717) is 10.8 Å². The molecule has 0 aliphatic carbocycles. The predicted molar refractivity (Wildman–Crippen MR) is 120 cm³/mol. The number of likely N-dealkylation sites (tertiary alicyclic amines) is 1. The molecule has 1 aliphatic rings. The van der Waals surface area contributed by atoms with Crippen LogP contribution in [0.2, 0.25) is 0 Å². The van der Waals surface area contributed by atoms with Crippen molar-refractivity contribution in [3.63, 3.8) is 0 Å². The molecule has 0 saturated carbocycles. The molecule has 1 fully saturated rings. The van der Waals surface area contributed by atoms with Gasteiger partial charge in [0.1, 0.15) is 11.6 Å². The predicted octanol–water partition coefficient (Wildman–Crippen LogP) is 5.00. The topological polar surface area (TPSA) is 45.2 Å². The van der Waals surface area contributed by atoms with Crippen LogP contribution in [0.4, 0.5) is 10.2 Å². The van der Waals surface area contributed by atoms with Crippen molar-refractivity contribution in [1.82, 2.24) is 9.88 Å². The van der Waals surface area contributed by atoms with Crippen molar-refractivity contribution in [2.75, 3.05) is 31.5 Å². The third-order valence-electron chi connectivity index (χ3n) is 5.64. The van der Waals surface area contributed by atoms with E-state index in [1.54, 1.807) is 6.07 Å². The number of benzene rings is 2. The molecule has 4 aromatic rings. The minimum absolute atomic E-state index is 0.133. The van der Waals surface area contributed by atoms with Gasteiger partial charge >= 0.3 is 0 Å². The highest BCUT2D eigenvalue weighted by Crippen LogP contribution is 2.34. The molecule has 148 valence electrons. The molecule has 1 saturated heterocycles. The molecule has 1 N–H and O–H groups in total. The number of nitrogens with zero attached hydrogens (tertiary/aromatic N) is 2. The maximum absolute atomic E-state index is 13.8. The molecule has 5 rings (SSSR count). The van der Waals surface area contributed by atoms with Crippen LogP contribution in [0.3, 0.4) is 0 Å². The number of para-hydroxylation sites is 1. The molecular weight excluding hydrogens is 385 g/mol. The van der Waals surface area contributed by atoms with Gasteiger partial charge in [-0.05, 0) is 50.2 Å². The number of rotatable bonds is 4. The highest BCUT2D eigenvalue weighted by molar-refractivity contribution is 7.25. The first-order valence-electron chi connectivity index (χ1n) is 10.1. The Hall–Kier alpha value is -2.57. The zero-order valence-corrected chi connectivity index (χ0v) is 16.9. The monoisotopic (exact) mass is 407 g/mol. The van der Waals surface area contributed by atoms with Crippen LogP contribution in [0.5, 0.6) is 0 Å². The van der Waals surface area contributed by atoms with Gasteiger partial charge in [0.15, 0.2) is 5.43 Å². The SMILES string of the molecule is O=c1c2cc(F)ccc2sc2c(NCCN3CCCCC3)nc3ccccc3c12. The van der Waals surface area contributed by atoms with Crippen molar-refractivity contribution >= 4 is 48.2 Å². The Morgan fingerprint density at radius 1 is 1.07 bits per heavy atom. The number of fused-ring (bicyclic) bond motifs is 4. The summed E-state index contributed by atoms with van der Waals surface area (Å²) in [5.41, 5.74) is 0.645.